The van der Waals surface area contributed by atoms with E-state index >= 15 is 0 Å². The zero-order chi connectivity index (χ0) is 19.5. The number of pyridine rings is 1. The van der Waals surface area contributed by atoms with Gasteiger partial charge in [-0.3, -0.25) is 9.78 Å². The molecule has 28 heavy (non-hydrogen) atoms. The number of carbonyl (C=O) groups excluding carboxylic acids is 1. The summed E-state index contributed by atoms with van der Waals surface area (Å²) >= 11 is 6.26. The lowest BCUT2D eigenvalue weighted by molar-refractivity contribution is -0.117. The second kappa shape index (κ2) is 8.96. The minimum atomic E-state index is 0.190. The van der Waals surface area contributed by atoms with Gasteiger partial charge in [-0.1, -0.05) is 50.3 Å². The molecule has 1 aromatic heterocycles. The first-order valence-electron chi connectivity index (χ1n) is 11.0. The van der Waals surface area contributed by atoms with Crippen molar-refractivity contribution in [2.24, 2.45) is 0 Å². The molecule has 1 aliphatic carbocycles. The fourth-order valence-electron chi connectivity index (χ4n) is 5.30. The van der Waals surface area contributed by atoms with E-state index in [1.807, 2.05) is 6.07 Å². The minimum absolute atomic E-state index is 0.190. The van der Waals surface area contributed by atoms with Gasteiger partial charge in [0.25, 0.3) is 0 Å². The lowest BCUT2D eigenvalue weighted by Crippen LogP contribution is -2.48. The Morgan fingerprint density at radius 1 is 0.964 bits per heavy atom. The van der Waals surface area contributed by atoms with E-state index in [0.717, 1.165) is 49.1 Å². The number of rotatable bonds is 2. The van der Waals surface area contributed by atoms with Crippen LogP contribution in [0.1, 0.15) is 69.9 Å². The predicted octanol–water partition coefficient (Wildman–Crippen LogP) is 5.15. The summed E-state index contributed by atoms with van der Waals surface area (Å²) in [4.78, 5) is 21.8. The van der Waals surface area contributed by atoms with Crippen molar-refractivity contribution in [2.45, 2.75) is 82.7 Å². The van der Waals surface area contributed by atoms with Crippen LogP contribution in [0.2, 0.25) is 5.02 Å². The van der Waals surface area contributed by atoms with Gasteiger partial charge in [0, 0.05) is 43.5 Å². The van der Waals surface area contributed by atoms with Crippen molar-refractivity contribution in [3.63, 3.8) is 0 Å². The van der Waals surface area contributed by atoms with Crippen molar-refractivity contribution in [1.29, 1.82) is 0 Å². The normalized spacial score (nSPS) is 23.8. The average Bonchev–Trinajstić information content (AvgIpc) is 2.76. The van der Waals surface area contributed by atoms with Crippen molar-refractivity contribution in [3.8, 4) is 0 Å². The molecule has 0 bridgehead atoms. The van der Waals surface area contributed by atoms with Gasteiger partial charge in [-0.15, -0.1) is 0 Å². The van der Waals surface area contributed by atoms with Crippen LogP contribution in [0.5, 0.6) is 0 Å². The predicted molar refractivity (Wildman–Crippen MR) is 115 cm³/mol. The highest BCUT2D eigenvalue weighted by Gasteiger charge is 2.33. The van der Waals surface area contributed by atoms with Gasteiger partial charge in [0.05, 0.1) is 22.8 Å². The number of halogens is 1. The highest BCUT2D eigenvalue weighted by atomic mass is 35.5. The monoisotopic (exact) mass is 401 g/mol. The molecular formula is C23H32ClN3O. The molecule has 2 aliphatic heterocycles. The zero-order valence-electron chi connectivity index (χ0n) is 16.8. The molecule has 0 aromatic carbocycles. The Labute approximate surface area is 173 Å². The van der Waals surface area contributed by atoms with Crippen molar-refractivity contribution >= 4 is 23.1 Å². The summed E-state index contributed by atoms with van der Waals surface area (Å²) in [6.45, 7) is 6.53. The number of piperidine rings is 1. The van der Waals surface area contributed by atoms with E-state index < -0.39 is 0 Å². The van der Waals surface area contributed by atoms with E-state index in [4.69, 9.17) is 11.6 Å². The second-order valence-electron chi connectivity index (χ2n) is 8.71. The Kier molecular flexibility index (Phi) is 6.37. The standard InChI is InChI=1S/C23H32ClN3O/c1-17-13-21(28)15-22-23(14-18(24)16-25-22)27(17)20-9-11-26(12-10-20)19-7-5-3-2-4-6-8-19/h14,16,19-20H,1-13,15H2. The number of aromatic nitrogens is 1. The van der Waals surface area contributed by atoms with Crippen molar-refractivity contribution in [1.82, 2.24) is 9.88 Å². The molecule has 4 nitrogen and oxygen atoms in total. The fourth-order valence-corrected chi connectivity index (χ4v) is 5.45. The van der Waals surface area contributed by atoms with Gasteiger partial charge in [0.1, 0.15) is 5.78 Å². The molecular weight excluding hydrogens is 370 g/mol. The lowest BCUT2D eigenvalue weighted by Gasteiger charge is -2.43. The Bertz CT molecular complexity index is 719. The van der Waals surface area contributed by atoms with Crippen LogP contribution in [0, 0.1) is 0 Å². The lowest BCUT2D eigenvalue weighted by atomic mass is 9.93. The summed E-state index contributed by atoms with van der Waals surface area (Å²) in [5.41, 5.74) is 2.74. The van der Waals surface area contributed by atoms with Crippen molar-refractivity contribution in [3.05, 3.63) is 35.3 Å². The summed E-state index contributed by atoms with van der Waals surface area (Å²) in [7, 11) is 0. The van der Waals surface area contributed by atoms with Gasteiger partial charge in [-0.25, -0.2) is 0 Å². The molecule has 0 unspecified atom stereocenters. The number of likely N-dealkylation sites (tertiary alicyclic amines) is 1. The van der Waals surface area contributed by atoms with Gasteiger partial charge >= 0.3 is 0 Å². The third kappa shape index (κ3) is 4.44. The van der Waals surface area contributed by atoms with E-state index in [2.05, 4.69) is 21.4 Å². The maximum absolute atomic E-state index is 12.3. The molecule has 2 fully saturated rings. The second-order valence-corrected chi connectivity index (χ2v) is 9.15. The molecule has 4 rings (SSSR count). The first-order chi connectivity index (χ1) is 13.6. The number of fused-ring (bicyclic) bond motifs is 1. The summed E-state index contributed by atoms with van der Waals surface area (Å²) in [5.74, 6) is 0.190. The summed E-state index contributed by atoms with van der Waals surface area (Å²) in [6, 6.07) is 3.11. The highest BCUT2D eigenvalue weighted by molar-refractivity contribution is 6.30. The molecule has 0 spiro atoms. The molecule has 0 radical (unpaired) electrons. The zero-order valence-corrected chi connectivity index (χ0v) is 17.6. The van der Waals surface area contributed by atoms with E-state index in [1.54, 1.807) is 6.20 Å². The van der Waals surface area contributed by atoms with Crippen LogP contribution in [-0.2, 0) is 11.2 Å². The van der Waals surface area contributed by atoms with Crippen molar-refractivity contribution in [2.75, 3.05) is 18.0 Å². The first-order valence-corrected chi connectivity index (χ1v) is 11.4. The molecule has 3 heterocycles. The average molecular weight is 402 g/mol. The van der Waals surface area contributed by atoms with Gasteiger partial charge in [0.2, 0.25) is 0 Å². The number of Topliss-reactive ketones (excluding diaryl/α,β-unsaturated/α-hetero) is 1. The number of ketones is 1. The third-order valence-corrected chi connectivity index (χ3v) is 6.94. The highest BCUT2D eigenvalue weighted by Crippen LogP contribution is 2.35. The Hall–Kier alpha value is -1.39. The van der Waals surface area contributed by atoms with Crippen LogP contribution in [-0.4, -0.2) is 40.8 Å². The third-order valence-electron chi connectivity index (χ3n) is 6.74. The van der Waals surface area contributed by atoms with E-state index in [0.29, 0.717) is 23.9 Å². The first kappa shape index (κ1) is 19.9. The van der Waals surface area contributed by atoms with Gasteiger partial charge < -0.3 is 9.80 Å². The number of anilines is 1. The Morgan fingerprint density at radius 2 is 1.64 bits per heavy atom. The Morgan fingerprint density at radius 3 is 2.36 bits per heavy atom. The van der Waals surface area contributed by atoms with Crippen LogP contribution in [0.25, 0.3) is 0 Å². The molecule has 1 aromatic rings. The molecule has 5 heteroatoms. The fraction of sp³-hybridized carbons (Fsp3) is 0.652. The Balaban J connectivity index is 1.48. The van der Waals surface area contributed by atoms with Crippen molar-refractivity contribution < 1.29 is 4.79 Å². The minimum Gasteiger partial charge on any atom is -0.341 e. The van der Waals surface area contributed by atoms with Crippen LogP contribution < -0.4 is 4.90 Å². The number of allylic oxidation sites excluding steroid dienone is 1. The number of hydrogen-bond donors (Lipinski definition) is 0. The SMILES string of the molecule is C=C1CC(=O)Cc2ncc(Cl)cc2N1C1CCN(C2CCCCCCC2)CC1. The number of nitrogens with zero attached hydrogens (tertiary/aromatic N) is 3. The molecule has 1 saturated carbocycles. The molecule has 1 saturated heterocycles. The number of carbonyl (C=O) groups is 1. The quantitative estimate of drug-likeness (QED) is 0.686. The van der Waals surface area contributed by atoms with Crippen LogP contribution >= 0.6 is 11.6 Å². The van der Waals surface area contributed by atoms with Crippen LogP contribution in [0.3, 0.4) is 0 Å². The van der Waals surface area contributed by atoms with Gasteiger partial charge in [-0.2, -0.15) is 0 Å². The van der Waals surface area contributed by atoms with E-state index in [9.17, 15) is 4.79 Å². The molecule has 3 aliphatic rings. The smallest absolute Gasteiger partial charge is 0.144 e. The number of hydrogen-bond acceptors (Lipinski definition) is 4. The van der Waals surface area contributed by atoms with Gasteiger partial charge in [0.15, 0.2) is 0 Å². The van der Waals surface area contributed by atoms with Gasteiger partial charge in [-0.05, 0) is 31.7 Å². The summed E-state index contributed by atoms with van der Waals surface area (Å²) in [6.07, 6.45) is 14.4. The van der Waals surface area contributed by atoms with Crippen LogP contribution in [0.15, 0.2) is 24.5 Å². The topological polar surface area (TPSA) is 36.4 Å². The molecule has 0 atom stereocenters. The maximum atomic E-state index is 12.3. The largest absolute Gasteiger partial charge is 0.341 e. The molecule has 0 N–H and O–H groups in total. The van der Waals surface area contributed by atoms with E-state index in [1.165, 1.54) is 44.9 Å². The van der Waals surface area contributed by atoms with E-state index in [-0.39, 0.29) is 5.78 Å². The maximum Gasteiger partial charge on any atom is 0.144 e. The molecule has 152 valence electrons. The summed E-state index contributed by atoms with van der Waals surface area (Å²) < 4.78 is 0. The summed E-state index contributed by atoms with van der Waals surface area (Å²) in [5, 5.41) is 0.623. The van der Waals surface area contributed by atoms with Crippen LogP contribution in [0.4, 0.5) is 5.69 Å². The molecule has 0 amide bonds.